The number of hydrogen-bond acceptors (Lipinski definition) is 1. The molecular weight excluding hydrogens is 239 g/mol. The molecule has 17 heavy (non-hydrogen) atoms. The summed E-state index contributed by atoms with van der Waals surface area (Å²) in [6.45, 7) is 14.8. The molecule has 0 saturated heterocycles. The van der Waals surface area contributed by atoms with E-state index in [1.807, 2.05) is 0 Å². The highest BCUT2D eigenvalue weighted by molar-refractivity contribution is 6.74. The fourth-order valence-electron chi connectivity index (χ4n) is 1.55. The Bertz CT molecular complexity index is 251. The van der Waals surface area contributed by atoms with E-state index in [-0.39, 0.29) is 0 Å². The second kappa shape index (κ2) is 7.14. The minimum atomic E-state index is -1.52. The van der Waals surface area contributed by atoms with Gasteiger partial charge in [0.2, 0.25) is 0 Å². The van der Waals surface area contributed by atoms with E-state index in [0.29, 0.717) is 5.04 Å². The van der Waals surface area contributed by atoms with Crippen molar-refractivity contribution in [3.8, 4) is 0 Å². The van der Waals surface area contributed by atoms with Gasteiger partial charge in [-0.05, 0) is 37.9 Å². The third-order valence-corrected chi connectivity index (χ3v) is 9.38. The Balaban J connectivity index is 3.94. The first-order valence-electron chi connectivity index (χ1n) is 6.87. The molecule has 0 aliphatic rings. The summed E-state index contributed by atoms with van der Waals surface area (Å²) in [4.78, 5) is 2.49. The Hall–Kier alpha value is 0.449. The highest BCUT2D eigenvalue weighted by Crippen LogP contribution is 2.36. The van der Waals surface area contributed by atoms with Crippen molar-refractivity contribution in [3.63, 3.8) is 0 Å². The van der Waals surface area contributed by atoms with Gasteiger partial charge < -0.3 is 4.43 Å². The minimum absolute atomic E-state index is 0.336. The predicted molar refractivity (Wildman–Crippen MR) is 83.6 cm³/mol. The van der Waals surface area contributed by atoms with Crippen molar-refractivity contribution in [2.75, 3.05) is 6.61 Å². The van der Waals surface area contributed by atoms with Crippen LogP contribution in [0.1, 0.15) is 40.5 Å². The van der Waals surface area contributed by atoms with Gasteiger partial charge in [-0.15, -0.1) is 16.5 Å². The number of rotatable bonds is 6. The van der Waals surface area contributed by atoms with Crippen molar-refractivity contribution in [2.45, 2.75) is 70.2 Å². The smallest absolute Gasteiger partial charge is 0.288 e. The van der Waals surface area contributed by atoms with Gasteiger partial charge in [-0.25, -0.2) is 0 Å². The highest BCUT2D eigenvalue weighted by Gasteiger charge is 2.36. The molecule has 0 amide bonds. The summed E-state index contributed by atoms with van der Waals surface area (Å²) in [7, 11) is -1.52. The van der Waals surface area contributed by atoms with Gasteiger partial charge in [0.25, 0.3) is 14.1 Å². The van der Waals surface area contributed by atoms with Crippen LogP contribution in [0.5, 0.6) is 0 Å². The van der Waals surface area contributed by atoms with Gasteiger partial charge in [0.05, 0.1) is 0 Å². The zero-order valence-electron chi connectivity index (χ0n) is 13.2. The van der Waals surface area contributed by atoms with Crippen molar-refractivity contribution < 1.29 is 4.43 Å². The lowest BCUT2D eigenvalue weighted by atomic mass is 10.2. The van der Waals surface area contributed by atoms with Gasteiger partial charge in [0.1, 0.15) is 0 Å². The van der Waals surface area contributed by atoms with Crippen molar-refractivity contribution in [2.24, 2.45) is 0 Å². The van der Waals surface area contributed by atoms with Gasteiger partial charge in [-0.1, -0.05) is 26.3 Å². The van der Waals surface area contributed by atoms with Crippen LogP contribution in [0.25, 0.3) is 0 Å². The van der Waals surface area contributed by atoms with E-state index in [4.69, 9.17) is 4.43 Å². The van der Waals surface area contributed by atoms with Crippen molar-refractivity contribution in [1.29, 1.82) is 0 Å². The Morgan fingerprint density at radius 1 is 1.24 bits per heavy atom. The van der Waals surface area contributed by atoms with Gasteiger partial charge in [0.15, 0.2) is 8.32 Å². The molecule has 0 fully saturated rings. The van der Waals surface area contributed by atoms with E-state index in [0.717, 1.165) is 6.61 Å². The first-order valence-corrected chi connectivity index (χ1v) is 12.8. The molecular formula is C14H31AlOSi. The van der Waals surface area contributed by atoms with Crippen LogP contribution in [0.2, 0.25) is 29.7 Å². The molecule has 0 rings (SSSR count). The normalized spacial score (nSPS) is 14.0. The summed E-state index contributed by atoms with van der Waals surface area (Å²) in [6.07, 6.45) is 2.38. The van der Waals surface area contributed by atoms with Crippen LogP contribution < -0.4 is 0 Å². The third-order valence-electron chi connectivity index (χ3n) is 3.60. The monoisotopic (exact) mass is 270 g/mol. The van der Waals surface area contributed by atoms with Crippen molar-refractivity contribution >= 4 is 22.5 Å². The first kappa shape index (κ1) is 17.4. The minimum Gasteiger partial charge on any atom is -0.417 e. The molecule has 0 aromatic rings. The third kappa shape index (κ3) is 7.46. The van der Waals surface area contributed by atoms with Crippen LogP contribution >= 0.6 is 0 Å². The lowest BCUT2D eigenvalue weighted by Gasteiger charge is -2.36. The molecule has 0 heterocycles. The summed E-state index contributed by atoms with van der Waals surface area (Å²) in [5, 5.41) is 0.336. The lowest BCUT2D eigenvalue weighted by molar-refractivity contribution is 0.282. The van der Waals surface area contributed by atoms with E-state index in [9.17, 15) is 0 Å². The summed E-state index contributed by atoms with van der Waals surface area (Å²) < 4.78 is 6.17. The molecule has 0 aromatic heterocycles. The van der Waals surface area contributed by atoms with E-state index in [1.165, 1.54) is 12.8 Å². The number of hydrogen-bond donors (Lipinski definition) is 0. The first-order chi connectivity index (χ1) is 7.56. The molecule has 1 nitrogen and oxygen atoms in total. The molecule has 0 N–H and O–H groups in total. The molecule has 3 heteroatoms. The van der Waals surface area contributed by atoms with E-state index in [1.54, 1.807) is 5.57 Å². The summed E-state index contributed by atoms with van der Waals surface area (Å²) in [6, 6.07) is 0. The predicted octanol–water partition coefficient (Wildman–Crippen LogP) is 5.03. The SMILES string of the molecule is C/C(=[CH]\[Al]([CH3])[CH3])CCCO[Si](C)(C)C(C)(C)C. The van der Waals surface area contributed by atoms with Crippen LogP contribution in [0.3, 0.4) is 0 Å². The van der Waals surface area contributed by atoms with E-state index in [2.05, 4.69) is 57.3 Å². The largest absolute Gasteiger partial charge is 0.417 e. The van der Waals surface area contributed by atoms with Crippen LogP contribution in [-0.2, 0) is 4.43 Å². The fraction of sp³-hybridized carbons (Fsp3) is 0.857. The van der Waals surface area contributed by atoms with Crippen LogP contribution in [0, 0.1) is 0 Å². The maximum atomic E-state index is 6.17. The Morgan fingerprint density at radius 2 is 1.76 bits per heavy atom. The molecule has 100 valence electrons. The van der Waals surface area contributed by atoms with Gasteiger partial charge in [-0.3, -0.25) is 0 Å². The lowest BCUT2D eigenvalue weighted by Crippen LogP contribution is -2.40. The van der Waals surface area contributed by atoms with Gasteiger partial charge >= 0.3 is 0 Å². The van der Waals surface area contributed by atoms with Crippen molar-refractivity contribution in [3.05, 3.63) is 10.5 Å². The quantitative estimate of drug-likeness (QED) is 0.486. The Kier molecular flexibility index (Phi) is 7.33. The molecule has 0 bridgehead atoms. The fourth-order valence-corrected chi connectivity index (χ4v) is 3.94. The van der Waals surface area contributed by atoms with E-state index < -0.39 is 22.5 Å². The second-order valence-electron chi connectivity index (χ2n) is 6.97. The standard InChI is InChI=1S/C12H25OSi.2CH3.Al/c1-11(2)9-8-10-13-14(6,7)12(3,4)5;;;/h1H,8-10H2,2-7H3;2*1H3;. The Morgan fingerprint density at radius 3 is 2.18 bits per heavy atom. The maximum Gasteiger partial charge on any atom is 0.288 e. The zero-order valence-corrected chi connectivity index (χ0v) is 15.3. The average Bonchev–Trinajstić information content (AvgIpc) is 2.09. The van der Waals surface area contributed by atoms with Crippen LogP contribution in [-0.4, -0.2) is 29.1 Å². The van der Waals surface area contributed by atoms with Crippen molar-refractivity contribution in [1.82, 2.24) is 0 Å². The summed E-state index contributed by atoms with van der Waals surface area (Å²) in [5.74, 6) is 4.74. The molecule has 0 saturated carbocycles. The second-order valence-corrected chi connectivity index (χ2v) is 14.6. The van der Waals surface area contributed by atoms with Gasteiger partial charge in [-0.2, -0.15) is 0 Å². The molecule has 0 aliphatic carbocycles. The zero-order chi connectivity index (χ0) is 13.7. The molecule has 0 aliphatic heterocycles. The van der Waals surface area contributed by atoms with Crippen LogP contribution in [0.4, 0.5) is 0 Å². The summed E-state index contributed by atoms with van der Waals surface area (Å²) >= 11 is -0.535. The van der Waals surface area contributed by atoms with Crippen LogP contribution in [0.15, 0.2) is 10.5 Å². The molecule has 0 atom stereocenters. The molecule has 0 unspecified atom stereocenters. The Labute approximate surface area is 114 Å². The number of allylic oxidation sites excluding steroid dienone is 1. The average molecular weight is 270 g/mol. The molecule has 0 radical (unpaired) electrons. The highest BCUT2D eigenvalue weighted by atomic mass is 28.4. The van der Waals surface area contributed by atoms with Gasteiger partial charge in [0, 0.05) is 6.61 Å². The molecule has 0 spiro atoms. The molecule has 0 aromatic carbocycles. The topological polar surface area (TPSA) is 9.23 Å². The maximum absolute atomic E-state index is 6.17. The van der Waals surface area contributed by atoms with E-state index >= 15 is 0 Å². The summed E-state index contributed by atoms with van der Waals surface area (Å²) in [5.41, 5.74) is 1.56.